The normalized spacial score (nSPS) is 49.3. The Morgan fingerprint density at radius 3 is 2.47 bits per heavy atom. The van der Waals surface area contributed by atoms with Gasteiger partial charge in [-0.3, -0.25) is 9.59 Å². The molecule has 10 nitrogen and oxygen atoms in total. The fourth-order valence-corrected chi connectivity index (χ4v) is 8.81. The van der Waals surface area contributed by atoms with Gasteiger partial charge in [-0.25, -0.2) is 4.79 Å². The minimum atomic E-state index is -1.42. The zero-order valence-corrected chi connectivity index (χ0v) is 20.7. The summed E-state index contributed by atoms with van der Waals surface area (Å²) < 4.78 is 35.4. The fraction of sp³-hybridized carbons (Fsp3) is 0.875. The van der Waals surface area contributed by atoms with E-state index in [1.807, 2.05) is 20.8 Å². The largest absolute Gasteiger partial charge is 0.469 e. The van der Waals surface area contributed by atoms with Gasteiger partial charge in [0.1, 0.15) is 17.8 Å². The highest BCUT2D eigenvalue weighted by Gasteiger charge is 2.97. The summed E-state index contributed by atoms with van der Waals surface area (Å²) in [6, 6.07) is 0. The van der Waals surface area contributed by atoms with Gasteiger partial charge < -0.3 is 33.5 Å². The van der Waals surface area contributed by atoms with E-state index < -0.39 is 88.4 Å². The smallest absolute Gasteiger partial charge is 0.338 e. The van der Waals surface area contributed by atoms with Crippen molar-refractivity contribution in [3.05, 3.63) is 0 Å². The topological polar surface area (TPSA) is 127 Å². The van der Waals surface area contributed by atoms with E-state index in [4.69, 9.17) is 28.4 Å². The SMILES string of the molecule is COC(=O)C(C)C1CCC23C4OC(O)C12OC1OC(=O)[C@H](OC)C13C(C(C)(C)C)[C@H]4OC(C)=O. The molecule has 2 aliphatic carbocycles. The van der Waals surface area contributed by atoms with Gasteiger partial charge in [0, 0.05) is 25.9 Å². The van der Waals surface area contributed by atoms with Gasteiger partial charge in [0.05, 0.1) is 23.9 Å². The Morgan fingerprint density at radius 1 is 1.24 bits per heavy atom. The monoisotopic (exact) mass is 482 g/mol. The van der Waals surface area contributed by atoms with Crippen LogP contribution >= 0.6 is 0 Å². The molecule has 0 radical (unpaired) electrons. The first kappa shape index (κ1) is 24.0. The number of hydrogen-bond acceptors (Lipinski definition) is 10. The summed E-state index contributed by atoms with van der Waals surface area (Å²) in [5, 5.41) is 11.4. The molecule has 3 heterocycles. The molecule has 5 rings (SSSR count). The number of carbonyl (C=O) groups excluding carboxylic acids is 3. The second-order valence-corrected chi connectivity index (χ2v) is 11.5. The first-order chi connectivity index (χ1) is 15.9. The van der Waals surface area contributed by atoms with Gasteiger partial charge in [-0.2, -0.15) is 0 Å². The van der Waals surface area contributed by atoms with Gasteiger partial charge in [-0.1, -0.05) is 27.7 Å². The molecule has 0 aromatic heterocycles. The molecule has 0 amide bonds. The molecule has 34 heavy (non-hydrogen) atoms. The second-order valence-electron chi connectivity index (χ2n) is 11.5. The molecule has 190 valence electrons. The van der Waals surface area contributed by atoms with Crippen LogP contribution in [-0.4, -0.2) is 73.7 Å². The molecule has 0 aromatic rings. The summed E-state index contributed by atoms with van der Waals surface area (Å²) in [5.74, 6) is -3.03. The highest BCUT2D eigenvalue weighted by atomic mass is 16.8. The Labute approximate surface area is 198 Å². The van der Waals surface area contributed by atoms with E-state index in [1.54, 1.807) is 6.92 Å². The quantitative estimate of drug-likeness (QED) is 0.461. The number of hydrogen-bond donors (Lipinski definition) is 1. The van der Waals surface area contributed by atoms with E-state index in [1.165, 1.54) is 21.1 Å². The highest BCUT2D eigenvalue weighted by molar-refractivity contribution is 5.80. The predicted molar refractivity (Wildman–Crippen MR) is 113 cm³/mol. The Bertz CT molecular complexity index is 927. The first-order valence-electron chi connectivity index (χ1n) is 11.9. The van der Waals surface area contributed by atoms with Crippen molar-refractivity contribution in [3.8, 4) is 0 Å². The molecule has 0 bridgehead atoms. The standard InChI is InChI=1S/C24H34O10/c1-10(17(26)30-7)12-8-9-22-15-13(31-11(2)25)14(21(3,4)5)23(22)16(29-6)18(27)33-20(23)34-24(12,22)19(28)32-15/h10,12-16,19-20,28H,8-9H2,1-7H3/t10?,12?,13-,14?,15?,16+,19?,20?,22?,23?,24?/m1/s1. The lowest BCUT2D eigenvalue weighted by Gasteiger charge is -2.48. The summed E-state index contributed by atoms with van der Waals surface area (Å²) >= 11 is 0. The average Bonchev–Trinajstić information content (AvgIpc) is 3.41. The summed E-state index contributed by atoms with van der Waals surface area (Å²) in [6.45, 7) is 9.10. The average molecular weight is 483 g/mol. The molecule has 3 aliphatic heterocycles. The molecule has 2 saturated carbocycles. The van der Waals surface area contributed by atoms with Gasteiger partial charge >= 0.3 is 17.9 Å². The first-order valence-corrected chi connectivity index (χ1v) is 11.9. The highest BCUT2D eigenvalue weighted by Crippen LogP contribution is 2.84. The lowest BCUT2D eigenvalue weighted by atomic mass is 9.51. The number of rotatable bonds is 4. The van der Waals surface area contributed by atoms with Crippen LogP contribution in [-0.2, 0) is 42.8 Å². The Hall–Kier alpha value is -1.75. The van der Waals surface area contributed by atoms with Gasteiger partial charge in [-0.15, -0.1) is 0 Å². The van der Waals surface area contributed by atoms with Crippen molar-refractivity contribution in [1.82, 2.24) is 0 Å². The van der Waals surface area contributed by atoms with Crippen LogP contribution in [0.1, 0.15) is 47.5 Å². The van der Waals surface area contributed by atoms with Crippen LogP contribution in [0.3, 0.4) is 0 Å². The maximum Gasteiger partial charge on any atom is 0.338 e. The number of aliphatic hydroxyl groups excluding tert-OH is 1. The lowest BCUT2D eigenvalue weighted by molar-refractivity contribution is -0.253. The van der Waals surface area contributed by atoms with Gasteiger partial charge in [-0.05, 0) is 18.3 Å². The minimum absolute atomic E-state index is 0.427. The zero-order chi connectivity index (χ0) is 25.0. The van der Waals surface area contributed by atoms with Crippen molar-refractivity contribution in [3.63, 3.8) is 0 Å². The van der Waals surface area contributed by atoms with Crippen LogP contribution in [0, 0.1) is 34.0 Å². The Morgan fingerprint density at radius 2 is 1.91 bits per heavy atom. The van der Waals surface area contributed by atoms with Crippen LogP contribution in [0.5, 0.6) is 0 Å². The molecule has 1 N–H and O–H groups in total. The Kier molecular flexibility index (Phi) is 5.04. The van der Waals surface area contributed by atoms with Gasteiger partial charge in [0.15, 0.2) is 12.4 Å². The van der Waals surface area contributed by atoms with Crippen molar-refractivity contribution >= 4 is 17.9 Å². The van der Waals surface area contributed by atoms with E-state index in [0.29, 0.717) is 12.8 Å². The van der Waals surface area contributed by atoms with E-state index >= 15 is 0 Å². The predicted octanol–water partition coefficient (Wildman–Crippen LogP) is 1.17. The zero-order valence-electron chi connectivity index (χ0n) is 20.7. The number of ether oxygens (including phenoxy) is 6. The summed E-state index contributed by atoms with van der Waals surface area (Å²) in [7, 11) is 2.77. The van der Waals surface area contributed by atoms with E-state index in [0.717, 1.165) is 0 Å². The third-order valence-corrected chi connectivity index (χ3v) is 9.35. The molecular formula is C24H34O10. The third-order valence-electron chi connectivity index (χ3n) is 9.35. The number of carbonyl (C=O) groups is 3. The maximum atomic E-state index is 13.1. The molecule has 11 atom stereocenters. The molecule has 0 aromatic carbocycles. The van der Waals surface area contributed by atoms with Crippen LogP contribution in [0.15, 0.2) is 0 Å². The molecule has 10 heteroatoms. The van der Waals surface area contributed by atoms with Crippen LogP contribution < -0.4 is 0 Å². The van der Waals surface area contributed by atoms with Crippen molar-refractivity contribution in [2.75, 3.05) is 14.2 Å². The molecule has 3 saturated heterocycles. The minimum Gasteiger partial charge on any atom is -0.469 e. The van der Waals surface area contributed by atoms with E-state index in [2.05, 4.69) is 0 Å². The number of esters is 3. The van der Waals surface area contributed by atoms with Gasteiger partial charge in [0.2, 0.25) is 6.29 Å². The summed E-state index contributed by atoms with van der Waals surface area (Å²) in [4.78, 5) is 38.0. The Balaban J connectivity index is 1.80. The van der Waals surface area contributed by atoms with E-state index in [9.17, 15) is 19.5 Å². The lowest BCUT2D eigenvalue weighted by Crippen LogP contribution is -2.60. The number of methoxy groups -OCH3 is 2. The molecule has 5 fully saturated rings. The molecule has 5 aliphatic rings. The van der Waals surface area contributed by atoms with E-state index in [-0.39, 0.29) is 0 Å². The molecule has 2 spiro atoms. The fourth-order valence-electron chi connectivity index (χ4n) is 8.81. The van der Waals surface area contributed by atoms with Crippen molar-refractivity contribution in [1.29, 1.82) is 0 Å². The third kappa shape index (κ3) is 2.34. The van der Waals surface area contributed by atoms with Crippen molar-refractivity contribution < 1.29 is 47.9 Å². The van der Waals surface area contributed by atoms with Crippen molar-refractivity contribution in [2.45, 2.75) is 84.0 Å². The van der Waals surface area contributed by atoms with Crippen LogP contribution in [0.4, 0.5) is 0 Å². The van der Waals surface area contributed by atoms with Gasteiger partial charge in [0.25, 0.3) is 0 Å². The molecular weight excluding hydrogens is 448 g/mol. The second kappa shape index (κ2) is 7.15. The maximum absolute atomic E-state index is 13.1. The summed E-state index contributed by atoms with van der Waals surface area (Å²) in [5.41, 5.74) is -3.97. The van der Waals surface area contributed by atoms with Crippen LogP contribution in [0.25, 0.3) is 0 Å². The van der Waals surface area contributed by atoms with Crippen molar-refractivity contribution in [2.24, 2.45) is 34.0 Å². The van der Waals surface area contributed by atoms with Crippen LogP contribution in [0.2, 0.25) is 0 Å². The number of aliphatic hydroxyl groups is 1. The summed E-state index contributed by atoms with van der Waals surface area (Å²) in [6.07, 6.45) is -4.05. The molecule has 9 unspecified atom stereocenters.